The molecular weight excluding hydrogens is 462 g/mol. The number of sulfonamides is 1. The SMILES string of the molecule is CC(=O)c1cccc(S(=O)(=O)N2CCC(C(=O)Nc3ccccc3SC(=O)N(C)C)CC2)c1. The van der Waals surface area contributed by atoms with Crippen LogP contribution in [0.1, 0.15) is 30.1 Å². The van der Waals surface area contributed by atoms with Crippen molar-refractivity contribution in [3.63, 3.8) is 0 Å². The summed E-state index contributed by atoms with van der Waals surface area (Å²) in [7, 11) is -0.428. The second-order valence-electron chi connectivity index (χ2n) is 8.01. The molecule has 0 unspecified atom stereocenters. The van der Waals surface area contributed by atoms with Crippen molar-refractivity contribution in [3.8, 4) is 0 Å². The molecule has 0 aromatic heterocycles. The van der Waals surface area contributed by atoms with Crippen LogP contribution in [-0.4, -0.2) is 61.7 Å². The van der Waals surface area contributed by atoms with Crippen LogP contribution in [0.2, 0.25) is 0 Å². The highest BCUT2D eigenvalue weighted by molar-refractivity contribution is 8.13. The van der Waals surface area contributed by atoms with Crippen LogP contribution in [0.4, 0.5) is 10.5 Å². The molecule has 2 amide bonds. The van der Waals surface area contributed by atoms with E-state index in [1.54, 1.807) is 50.5 Å². The first kappa shape index (κ1) is 24.9. The van der Waals surface area contributed by atoms with Gasteiger partial charge in [0.05, 0.1) is 10.6 Å². The monoisotopic (exact) mass is 489 g/mol. The van der Waals surface area contributed by atoms with Crippen LogP contribution >= 0.6 is 11.8 Å². The maximum atomic E-state index is 13.0. The van der Waals surface area contributed by atoms with E-state index in [-0.39, 0.29) is 40.8 Å². The van der Waals surface area contributed by atoms with E-state index in [0.29, 0.717) is 29.0 Å². The van der Waals surface area contributed by atoms with Crippen molar-refractivity contribution in [2.24, 2.45) is 5.92 Å². The van der Waals surface area contributed by atoms with Crippen molar-refractivity contribution >= 4 is 44.4 Å². The van der Waals surface area contributed by atoms with E-state index >= 15 is 0 Å². The van der Waals surface area contributed by atoms with E-state index < -0.39 is 10.0 Å². The summed E-state index contributed by atoms with van der Waals surface area (Å²) in [5.41, 5.74) is 0.897. The zero-order valence-corrected chi connectivity index (χ0v) is 20.4. The molecule has 2 aromatic rings. The third-order valence-electron chi connectivity index (χ3n) is 5.41. The topological polar surface area (TPSA) is 104 Å². The van der Waals surface area contributed by atoms with Gasteiger partial charge in [0.15, 0.2) is 5.78 Å². The van der Waals surface area contributed by atoms with E-state index in [2.05, 4.69) is 5.32 Å². The largest absolute Gasteiger partial charge is 0.339 e. The molecule has 0 spiro atoms. The molecule has 1 heterocycles. The zero-order valence-electron chi connectivity index (χ0n) is 18.8. The van der Waals surface area contributed by atoms with Gasteiger partial charge in [-0.2, -0.15) is 4.31 Å². The minimum Gasteiger partial charge on any atom is -0.339 e. The first-order chi connectivity index (χ1) is 15.6. The van der Waals surface area contributed by atoms with Crippen molar-refractivity contribution in [3.05, 3.63) is 54.1 Å². The quantitative estimate of drug-likeness (QED) is 0.490. The van der Waals surface area contributed by atoms with Gasteiger partial charge in [0.25, 0.3) is 5.24 Å². The molecule has 1 saturated heterocycles. The number of piperidine rings is 1. The third-order valence-corrected chi connectivity index (χ3v) is 8.42. The molecule has 33 heavy (non-hydrogen) atoms. The number of thioether (sulfide) groups is 1. The maximum Gasteiger partial charge on any atom is 0.286 e. The summed E-state index contributed by atoms with van der Waals surface area (Å²) >= 11 is 1.03. The smallest absolute Gasteiger partial charge is 0.286 e. The highest BCUT2D eigenvalue weighted by Gasteiger charge is 2.32. The Morgan fingerprint density at radius 1 is 1.03 bits per heavy atom. The average Bonchev–Trinajstić information content (AvgIpc) is 2.80. The molecule has 1 N–H and O–H groups in total. The lowest BCUT2D eigenvalue weighted by Crippen LogP contribution is -2.41. The molecule has 2 aromatic carbocycles. The van der Waals surface area contributed by atoms with Crippen molar-refractivity contribution in [2.45, 2.75) is 29.6 Å². The maximum absolute atomic E-state index is 13.0. The van der Waals surface area contributed by atoms with Gasteiger partial charge >= 0.3 is 0 Å². The first-order valence-electron chi connectivity index (χ1n) is 10.5. The van der Waals surface area contributed by atoms with Crippen molar-refractivity contribution in [1.29, 1.82) is 0 Å². The summed E-state index contributed by atoms with van der Waals surface area (Å²) in [5, 5.41) is 2.74. The minimum atomic E-state index is -3.75. The lowest BCUT2D eigenvalue weighted by atomic mass is 9.97. The normalized spacial score (nSPS) is 15.1. The number of hydrogen-bond donors (Lipinski definition) is 1. The second kappa shape index (κ2) is 10.5. The number of benzene rings is 2. The zero-order chi connectivity index (χ0) is 24.2. The van der Waals surface area contributed by atoms with E-state index in [0.717, 1.165) is 11.8 Å². The number of amides is 2. The van der Waals surface area contributed by atoms with Gasteiger partial charge in [-0.05, 0) is 55.8 Å². The van der Waals surface area contributed by atoms with E-state index in [4.69, 9.17) is 0 Å². The molecule has 1 aliphatic rings. The van der Waals surface area contributed by atoms with Crippen LogP contribution in [0, 0.1) is 5.92 Å². The van der Waals surface area contributed by atoms with Crippen LogP contribution in [0.25, 0.3) is 0 Å². The summed E-state index contributed by atoms with van der Waals surface area (Å²) in [4.78, 5) is 38.7. The summed E-state index contributed by atoms with van der Waals surface area (Å²) in [6.45, 7) is 1.81. The standard InChI is InChI=1S/C23H27N3O5S2/c1-16(27)18-7-6-8-19(15-18)33(30,31)26-13-11-17(12-14-26)22(28)24-20-9-4-5-10-21(20)32-23(29)25(2)3/h4-10,15,17H,11-14H2,1-3H3,(H,24,28). The average molecular weight is 490 g/mol. The molecule has 0 bridgehead atoms. The highest BCUT2D eigenvalue weighted by Crippen LogP contribution is 2.30. The first-order valence-corrected chi connectivity index (χ1v) is 12.8. The Morgan fingerprint density at radius 3 is 2.33 bits per heavy atom. The number of hydrogen-bond acceptors (Lipinski definition) is 6. The number of rotatable bonds is 6. The number of Topliss-reactive ketones (excluding diaryl/α,β-unsaturated/α-hetero) is 1. The fraction of sp³-hybridized carbons (Fsp3) is 0.348. The molecule has 0 radical (unpaired) electrons. The van der Waals surface area contributed by atoms with Gasteiger partial charge in [0.2, 0.25) is 15.9 Å². The van der Waals surface area contributed by atoms with Crippen molar-refractivity contribution in [1.82, 2.24) is 9.21 Å². The van der Waals surface area contributed by atoms with Crippen LogP contribution in [0.3, 0.4) is 0 Å². The number of carbonyl (C=O) groups excluding carboxylic acids is 3. The van der Waals surface area contributed by atoms with Gasteiger partial charge in [-0.25, -0.2) is 8.42 Å². The van der Waals surface area contributed by atoms with Gasteiger partial charge in [-0.1, -0.05) is 24.3 Å². The minimum absolute atomic E-state index is 0.0783. The van der Waals surface area contributed by atoms with Crippen molar-refractivity contribution in [2.75, 3.05) is 32.5 Å². The van der Waals surface area contributed by atoms with Crippen LogP contribution in [-0.2, 0) is 14.8 Å². The Bertz CT molecular complexity index is 1160. The molecule has 0 atom stereocenters. The summed E-state index contributed by atoms with van der Waals surface area (Å²) in [6, 6.07) is 13.1. The van der Waals surface area contributed by atoms with E-state index in [1.807, 2.05) is 0 Å². The summed E-state index contributed by atoms with van der Waals surface area (Å²) < 4.78 is 27.4. The Labute approximate surface area is 198 Å². The van der Waals surface area contributed by atoms with E-state index in [1.165, 1.54) is 28.3 Å². The molecule has 8 nitrogen and oxygen atoms in total. The lowest BCUT2D eigenvalue weighted by Gasteiger charge is -2.30. The summed E-state index contributed by atoms with van der Waals surface area (Å²) in [6.07, 6.45) is 0.757. The Hall–Kier alpha value is -2.69. The Balaban J connectivity index is 1.65. The highest BCUT2D eigenvalue weighted by atomic mass is 32.2. The second-order valence-corrected chi connectivity index (χ2v) is 10.9. The predicted octanol–water partition coefficient (Wildman–Crippen LogP) is 3.70. The van der Waals surface area contributed by atoms with Gasteiger partial charge < -0.3 is 10.2 Å². The number of carbonyl (C=O) groups is 3. The van der Waals surface area contributed by atoms with Gasteiger partial charge in [-0.15, -0.1) is 0 Å². The fourth-order valence-corrected chi connectivity index (χ4v) is 5.72. The molecule has 1 fully saturated rings. The number of para-hydroxylation sites is 1. The van der Waals surface area contributed by atoms with Crippen LogP contribution < -0.4 is 5.32 Å². The summed E-state index contributed by atoms with van der Waals surface area (Å²) in [5.74, 6) is -0.744. The van der Waals surface area contributed by atoms with Crippen LogP contribution in [0.15, 0.2) is 58.3 Å². The molecule has 3 rings (SSSR count). The van der Waals surface area contributed by atoms with Gasteiger partial charge in [0, 0.05) is 43.6 Å². The molecule has 10 heteroatoms. The Morgan fingerprint density at radius 2 is 1.70 bits per heavy atom. The van der Waals surface area contributed by atoms with E-state index in [9.17, 15) is 22.8 Å². The number of nitrogens with zero attached hydrogens (tertiary/aromatic N) is 2. The Kier molecular flexibility index (Phi) is 7.93. The van der Waals surface area contributed by atoms with Gasteiger partial charge in [-0.3, -0.25) is 14.4 Å². The van der Waals surface area contributed by atoms with Crippen molar-refractivity contribution < 1.29 is 22.8 Å². The fourth-order valence-electron chi connectivity index (χ4n) is 3.46. The lowest BCUT2D eigenvalue weighted by molar-refractivity contribution is -0.120. The van der Waals surface area contributed by atoms with Crippen LogP contribution in [0.5, 0.6) is 0 Å². The van der Waals surface area contributed by atoms with Gasteiger partial charge in [0.1, 0.15) is 0 Å². The molecule has 0 aliphatic carbocycles. The predicted molar refractivity (Wildman–Crippen MR) is 128 cm³/mol. The molecular formula is C23H27N3O5S2. The number of nitrogens with one attached hydrogen (secondary N) is 1. The number of anilines is 1. The molecule has 0 saturated carbocycles. The molecule has 176 valence electrons. The third kappa shape index (κ3) is 6.01. The molecule has 1 aliphatic heterocycles. The number of ketones is 1.